The van der Waals surface area contributed by atoms with E-state index in [1.54, 1.807) is 0 Å². The topological polar surface area (TPSA) is 88.0 Å². The summed E-state index contributed by atoms with van der Waals surface area (Å²) in [7, 11) is 1.54. The molecule has 0 aromatic rings. The summed E-state index contributed by atoms with van der Waals surface area (Å²) in [5, 5.41) is 19.7. The first kappa shape index (κ1) is 13.3. The monoisotopic (exact) mass is 207 g/mol. The first-order valence-electron chi connectivity index (χ1n) is 4.32. The van der Waals surface area contributed by atoms with Crippen molar-refractivity contribution >= 4 is 5.91 Å². The van der Waals surface area contributed by atoms with E-state index >= 15 is 0 Å². The standard InChI is InChI=1S/C8H17NO5/c1-13-2-3-14-6-8(12)9-7(4-10)5-11/h7,10-11H,2-6H2,1H3,(H,9,12). The third kappa shape index (κ3) is 6.79. The average molecular weight is 207 g/mol. The number of hydrogen-bond donors (Lipinski definition) is 3. The van der Waals surface area contributed by atoms with Crippen LogP contribution < -0.4 is 5.32 Å². The lowest BCUT2D eigenvalue weighted by atomic mass is 10.3. The molecule has 0 bridgehead atoms. The van der Waals surface area contributed by atoms with E-state index in [9.17, 15) is 4.79 Å². The number of rotatable bonds is 8. The third-order valence-electron chi connectivity index (χ3n) is 1.47. The zero-order valence-electron chi connectivity index (χ0n) is 8.23. The van der Waals surface area contributed by atoms with Crippen molar-refractivity contribution in [2.24, 2.45) is 0 Å². The van der Waals surface area contributed by atoms with Crippen molar-refractivity contribution < 1.29 is 24.5 Å². The Balaban J connectivity index is 3.44. The second kappa shape index (κ2) is 8.89. The van der Waals surface area contributed by atoms with Crippen molar-refractivity contribution in [2.75, 3.05) is 40.1 Å². The minimum Gasteiger partial charge on any atom is -0.394 e. The lowest BCUT2D eigenvalue weighted by Gasteiger charge is -2.13. The van der Waals surface area contributed by atoms with Crippen LogP contribution in [0.15, 0.2) is 0 Å². The highest BCUT2D eigenvalue weighted by Gasteiger charge is 2.09. The molecular formula is C8H17NO5. The van der Waals surface area contributed by atoms with E-state index in [1.807, 2.05) is 0 Å². The lowest BCUT2D eigenvalue weighted by molar-refractivity contribution is -0.127. The summed E-state index contributed by atoms with van der Waals surface area (Å²) < 4.78 is 9.64. The number of amides is 1. The molecule has 1 amide bonds. The van der Waals surface area contributed by atoms with Gasteiger partial charge in [0.15, 0.2) is 0 Å². The van der Waals surface area contributed by atoms with Gasteiger partial charge in [0.2, 0.25) is 5.91 Å². The minimum absolute atomic E-state index is 0.0974. The van der Waals surface area contributed by atoms with Crippen LogP contribution in [0, 0.1) is 0 Å². The minimum atomic E-state index is -0.617. The molecule has 84 valence electrons. The highest BCUT2D eigenvalue weighted by molar-refractivity contribution is 5.77. The highest BCUT2D eigenvalue weighted by Crippen LogP contribution is 1.82. The Labute approximate surface area is 82.8 Å². The predicted molar refractivity (Wildman–Crippen MR) is 48.8 cm³/mol. The van der Waals surface area contributed by atoms with Crippen molar-refractivity contribution in [3.63, 3.8) is 0 Å². The molecule has 0 aliphatic carbocycles. The highest BCUT2D eigenvalue weighted by atomic mass is 16.5. The quantitative estimate of drug-likeness (QED) is 0.405. The molecule has 6 heteroatoms. The van der Waals surface area contributed by atoms with Crippen LogP contribution in [0.4, 0.5) is 0 Å². The molecule has 6 nitrogen and oxygen atoms in total. The van der Waals surface area contributed by atoms with Gasteiger partial charge in [0.25, 0.3) is 0 Å². The molecule has 0 radical (unpaired) electrons. The number of carbonyl (C=O) groups is 1. The smallest absolute Gasteiger partial charge is 0.246 e. The van der Waals surface area contributed by atoms with Gasteiger partial charge in [-0.15, -0.1) is 0 Å². The number of ether oxygens (including phenoxy) is 2. The number of carbonyl (C=O) groups excluding carboxylic acids is 1. The van der Waals surface area contributed by atoms with Crippen LogP contribution >= 0.6 is 0 Å². The van der Waals surface area contributed by atoms with Crippen LogP contribution in [0.3, 0.4) is 0 Å². The molecule has 3 N–H and O–H groups in total. The molecule has 0 unspecified atom stereocenters. The van der Waals surface area contributed by atoms with Crippen molar-refractivity contribution in [1.82, 2.24) is 5.32 Å². The van der Waals surface area contributed by atoms with Crippen LogP contribution in [0.2, 0.25) is 0 Å². The van der Waals surface area contributed by atoms with Crippen LogP contribution in [0.1, 0.15) is 0 Å². The maximum absolute atomic E-state index is 11.0. The van der Waals surface area contributed by atoms with Gasteiger partial charge < -0.3 is 25.0 Å². The molecule has 0 fully saturated rings. The van der Waals surface area contributed by atoms with Gasteiger partial charge >= 0.3 is 0 Å². The van der Waals surface area contributed by atoms with Crippen molar-refractivity contribution in [3.8, 4) is 0 Å². The van der Waals surface area contributed by atoms with Gasteiger partial charge in [0, 0.05) is 7.11 Å². The fourth-order valence-corrected chi connectivity index (χ4v) is 0.725. The molecule has 0 saturated carbocycles. The van der Waals surface area contributed by atoms with E-state index in [0.717, 1.165) is 0 Å². The Morgan fingerprint density at radius 2 is 2.00 bits per heavy atom. The molecule has 0 aromatic heterocycles. The van der Waals surface area contributed by atoms with Gasteiger partial charge in [-0.25, -0.2) is 0 Å². The lowest BCUT2D eigenvalue weighted by Crippen LogP contribution is -2.42. The molecule has 0 atom stereocenters. The Kier molecular flexibility index (Phi) is 8.45. The SMILES string of the molecule is COCCOCC(=O)NC(CO)CO. The van der Waals surface area contributed by atoms with Gasteiger partial charge in [-0.05, 0) is 0 Å². The van der Waals surface area contributed by atoms with Gasteiger partial charge in [-0.1, -0.05) is 0 Å². The maximum Gasteiger partial charge on any atom is 0.246 e. The molecule has 0 saturated heterocycles. The van der Waals surface area contributed by atoms with Gasteiger partial charge in [0.1, 0.15) is 6.61 Å². The Morgan fingerprint density at radius 1 is 1.36 bits per heavy atom. The van der Waals surface area contributed by atoms with Crippen molar-refractivity contribution in [3.05, 3.63) is 0 Å². The van der Waals surface area contributed by atoms with Gasteiger partial charge in [0.05, 0.1) is 32.5 Å². The molecule has 14 heavy (non-hydrogen) atoms. The maximum atomic E-state index is 11.0. The van der Waals surface area contributed by atoms with Crippen LogP contribution in [0.25, 0.3) is 0 Å². The van der Waals surface area contributed by atoms with E-state index in [4.69, 9.17) is 19.7 Å². The molecular weight excluding hydrogens is 190 g/mol. The second-order valence-electron chi connectivity index (χ2n) is 2.67. The summed E-state index contributed by atoms with van der Waals surface area (Å²) in [6.45, 7) is 0.0873. The Hall–Kier alpha value is -0.690. The molecule has 0 heterocycles. The fourth-order valence-electron chi connectivity index (χ4n) is 0.725. The molecule has 0 aliphatic rings. The first-order valence-corrected chi connectivity index (χ1v) is 4.32. The number of aliphatic hydroxyl groups is 2. The number of hydrogen-bond acceptors (Lipinski definition) is 5. The summed E-state index contributed by atoms with van der Waals surface area (Å²) in [5.74, 6) is -0.366. The normalized spacial score (nSPS) is 10.6. The predicted octanol–water partition coefficient (Wildman–Crippen LogP) is -1.88. The Morgan fingerprint density at radius 3 is 2.50 bits per heavy atom. The summed E-state index contributed by atoms with van der Waals surface area (Å²) in [5.41, 5.74) is 0. The second-order valence-corrected chi connectivity index (χ2v) is 2.67. The third-order valence-corrected chi connectivity index (χ3v) is 1.47. The summed E-state index contributed by atoms with van der Waals surface area (Å²) in [6.07, 6.45) is 0. The molecule has 0 aliphatic heterocycles. The average Bonchev–Trinajstić information content (AvgIpc) is 2.21. The molecule has 0 spiro atoms. The van der Waals surface area contributed by atoms with Crippen molar-refractivity contribution in [2.45, 2.75) is 6.04 Å². The van der Waals surface area contributed by atoms with E-state index < -0.39 is 6.04 Å². The van der Waals surface area contributed by atoms with E-state index in [-0.39, 0.29) is 25.7 Å². The fraction of sp³-hybridized carbons (Fsp3) is 0.875. The van der Waals surface area contributed by atoms with Gasteiger partial charge in [-0.3, -0.25) is 4.79 Å². The summed E-state index contributed by atoms with van der Waals surface area (Å²) >= 11 is 0. The van der Waals surface area contributed by atoms with E-state index in [1.165, 1.54) is 7.11 Å². The summed E-state index contributed by atoms with van der Waals surface area (Å²) in [6, 6.07) is -0.617. The number of aliphatic hydroxyl groups excluding tert-OH is 2. The summed E-state index contributed by atoms with van der Waals surface area (Å²) in [4.78, 5) is 11.0. The molecule has 0 rings (SSSR count). The van der Waals surface area contributed by atoms with Crippen LogP contribution in [-0.2, 0) is 14.3 Å². The zero-order valence-corrected chi connectivity index (χ0v) is 8.23. The zero-order chi connectivity index (χ0) is 10.8. The van der Waals surface area contributed by atoms with Crippen LogP contribution in [-0.4, -0.2) is 62.3 Å². The number of nitrogens with one attached hydrogen (secondary N) is 1. The first-order chi connectivity index (χ1) is 6.74. The van der Waals surface area contributed by atoms with E-state index in [0.29, 0.717) is 13.2 Å². The Bertz CT molecular complexity index is 149. The van der Waals surface area contributed by atoms with Crippen LogP contribution in [0.5, 0.6) is 0 Å². The largest absolute Gasteiger partial charge is 0.394 e. The number of methoxy groups -OCH3 is 1. The van der Waals surface area contributed by atoms with Gasteiger partial charge in [-0.2, -0.15) is 0 Å². The van der Waals surface area contributed by atoms with E-state index in [2.05, 4.69) is 5.32 Å². The van der Waals surface area contributed by atoms with Crippen molar-refractivity contribution in [1.29, 1.82) is 0 Å². The molecule has 0 aromatic carbocycles.